The van der Waals surface area contributed by atoms with Crippen molar-refractivity contribution in [3.8, 4) is 0 Å². The van der Waals surface area contributed by atoms with E-state index in [-0.39, 0.29) is 0 Å². The van der Waals surface area contributed by atoms with Gasteiger partial charge in [0.1, 0.15) is 0 Å². The minimum absolute atomic E-state index is 0.402. The van der Waals surface area contributed by atoms with Crippen molar-refractivity contribution in [1.82, 2.24) is 10.2 Å². The molecule has 1 saturated heterocycles. The van der Waals surface area contributed by atoms with Gasteiger partial charge in [0.25, 0.3) is 0 Å². The van der Waals surface area contributed by atoms with Gasteiger partial charge in [0.15, 0.2) is 0 Å². The lowest BCUT2D eigenvalue weighted by Gasteiger charge is -2.27. The fourth-order valence-electron chi connectivity index (χ4n) is 2.65. The maximum Gasteiger partial charge on any atom is 0.0707 e. The Labute approximate surface area is 118 Å². The molecule has 0 bridgehead atoms. The van der Waals surface area contributed by atoms with E-state index in [1.165, 1.54) is 12.8 Å². The van der Waals surface area contributed by atoms with Crippen LogP contribution in [0, 0.1) is 5.92 Å². The van der Waals surface area contributed by atoms with Gasteiger partial charge in [-0.1, -0.05) is 20.8 Å². The van der Waals surface area contributed by atoms with Crippen molar-refractivity contribution in [2.45, 2.75) is 45.8 Å². The molecule has 4 heteroatoms. The summed E-state index contributed by atoms with van der Waals surface area (Å²) in [4.78, 5) is 2.48. The molecule has 19 heavy (non-hydrogen) atoms. The summed E-state index contributed by atoms with van der Waals surface area (Å²) in [7, 11) is 1.77. The fraction of sp³-hybridized carbons (Fsp3) is 1.00. The first kappa shape index (κ1) is 16.9. The highest BCUT2D eigenvalue weighted by atomic mass is 16.5. The quantitative estimate of drug-likeness (QED) is 0.657. The lowest BCUT2D eigenvalue weighted by atomic mass is 10.1. The van der Waals surface area contributed by atoms with Crippen molar-refractivity contribution >= 4 is 0 Å². The van der Waals surface area contributed by atoms with Gasteiger partial charge >= 0.3 is 0 Å². The Balaban J connectivity index is 2.29. The number of likely N-dealkylation sites (N-methyl/N-ethyl adjacent to an activating group) is 1. The molecule has 1 aliphatic heterocycles. The molecule has 0 spiro atoms. The van der Waals surface area contributed by atoms with Crippen LogP contribution in [0.15, 0.2) is 0 Å². The number of ether oxygens (including phenoxy) is 2. The van der Waals surface area contributed by atoms with Crippen LogP contribution < -0.4 is 5.32 Å². The van der Waals surface area contributed by atoms with Gasteiger partial charge in [-0.05, 0) is 25.3 Å². The molecule has 4 nitrogen and oxygen atoms in total. The molecule has 0 saturated carbocycles. The molecule has 2 atom stereocenters. The molecule has 114 valence electrons. The standard InChI is InChI=1S/C15H32N2O2/c1-5-16-10-14-6-7-15(19-14)12-17(8-9-18-4)11-13(2)3/h13-16H,5-12H2,1-4H3. The van der Waals surface area contributed by atoms with Gasteiger partial charge in [-0.3, -0.25) is 4.90 Å². The van der Waals surface area contributed by atoms with Crippen molar-refractivity contribution < 1.29 is 9.47 Å². The predicted octanol–water partition coefficient (Wildman–Crippen LogP) is 1.75. The van der Waals surface area contributed by atoms with Crippen LogP contribution in [-0.2, 0) is 9.47 Å². The van der Waals surface area contributed by atoms with E-state index in [2.05, 4.69) is 31.0 Å². The number of hydrogen-bond donors (Lipinski definition) is 1. The second-order valence-corrected chi connectivity index (χ2v) is 5.91. The molecule has 1 N–H and O–H groups in total. The molecule has 1 heterocycles. The van der Waals surface area contributed by atoms with Crippen LogP contribution in [0.2, 0.25) is 0 Å². The van der Waals surface area contributed by atoms with Crippen molar-refractivity contribution in [2.75, 3.05) is 46.4 Å². The Morgan fingerprint density at radius 2 is 2.05 bits per heavy atom. The molecule has 0 aromatic rings. The Bertz CT molecular complexity index is 224. The van der Waals surface area contributed by atoms with E-state index < -0.39 is 0 Å². The SMILES string of the molecule is CCNCC1CCC(CN(CCOC)CC(C)C)O1. The maximum absolute atomic E-state index is 6.11. The normalized spacial score (nSPS) is 23.7. The Morgan fingerprint density at radius 1 is 1.32 bits per heavy atom. The monoisotopic (exact) mass is 272 g/mol. The van der Waals surface area contributed by atoms with Gasteiger partial charge in [-0.15, -0.1) is 0 Å². The zero-order valence-electron chi connectivity index (χ0n) is 13.2. The van der Waals surface area contributed by atoms with E-state index in [4.69, 9.17) is 9.47 Å². The number of methoxy groups -OCH3 is 1. The molecular weight excluding hydrogens is 240 g/mol. The third kappa shape index (κ3) is 7.25. The molecule has 0 radical (unpaired) electrons. The van der Waals surface area contributed by atoms with Crippen LogP contribution in [0.5, 0.6) is 0 Å². The summed E-state index contributed by atoms with van der Waals surface area (Å²) in [5.41, 5.74) is 0. The average molecular weight is 272 g/mol. The smallest absolute Gasteiger partial charge is 0.0707 e. The van der Waals surface area contributed by atoms with Crippen molar-refractivity contribution in [3.05, 3.63) is 0 Å². The highest BCUT2D eigenvalue weighted by Gasteiger charge is 2.26. The van der Waals surface area contributed by atoms with Gasteiger partial charge < -0.3 is 14.8 Å². The van der Waals surface area contributed by atoms with E-state index in [9.17, 15) is 0 Å². The fourth-order valence-corrected chi connectivity index (χ4v) is 2.65. The number of rotatable bonds is 10. The third-order valence-corrected chi connectivity index (χ3v) is 3.51. The topological polar surface area (TPSA) is 33.7 Å². The lowest BCUT2D eigenvalue weighted by Crippen LogP contribution is -2.38. The number of nitrogens with zero attached hydrogens (tertiary/aromatic N) is 1. The van der Waals surface area contributed by atoms with Gasteiger partial charge in [0.05, 0.1) is 18.8 Å². The molecule has 0 aromatic carbocycles. The minimum atomic E-state index is 0.402. The third-order valence-electron chi connectivity index (χ3n) is 3.51. The van der Waals surface area contributed by atoms with Crippen molar-refractivity contribution in [1.29, 1.82) is 0 Å². The molecule has 0 aromatic heterocycles. The first-order valence-electron chi connectivity index (χ1n) is 7.73. The van der Waals surface area contributed by atoms with Gasteiger partial charge in [0.2, 0.25) is 0 Å². The summed E-state index contributed by atoms with van der Waals surface area (Å²) < 4.78 is 11.3. The molecule has 1 aliphatic rings. The Hall–Kier alpha value is -0.160. The number of nitrogens with one attached hydrogen (secondary N) is 1. The molecular formula is C15H32N2O2. The zero-order valence-corrected chi connectivity index (χ0v) is 13.2. The van der Waals surface area contributed by atoms with Crippen molar-refractivity contribution in [2.24, 2.45) is 5.92 Å². The van der Waals surface area contributed by atoms with E-state index >= 15 is 0 Å². The van der Waals surface area contributed by atoms with Gasteiger partial charge in [-0.2, -0.15) is 0 Å². The minimum Gasteiger partial charge on any atom is -0.383 e. The van der Waals surface area contributed by atoms with E-state index in [0.717, 1.165) is 39.3 Å². The molecule has 1 rings (SSSR count). The summed E-state index contributed by atoms with van der Waals surface area (Å²) in [6, 6.07) is 0. The van der Waals surface area contributed by atoms with Crippen LogP contribution >= 0.6 is 0 Å². The number of hydrogen-bond acceptors (Lipinski definition) is 4. The molecule has 1 fully saturated rings. The Kier molecular flexibility index (Phi) is 8.62. The second-order valence-electron chi connectivity index (χ2n) is 5.91. The summed E-state index contributed by atoms with van der Waals surface area (Å²) in [6.07, 6.45) is 3.20. The van der Waals surface area contributed by atoms with Crippen LogP contribution in [0.4, 0.5) is 0 Å². The predicted molar refractivity (Wildman–Crippen MR) is 79.6 cm³/mol. The lowest BCUT2D eigenvalue weighted by molar-refractivity contribution is 0.0166. The Morgan fingerprint density at radius 3 is 2.68 bits per heavy atom. The first-order chi connectivity index (χ1) is 9.15. The maximum atomic E-state index is 6.11. The van der Waals surface area contributed by atoms with Crippen LogP contribution in [0.25, 0.3) is 0 Å². The van der Waals surface area contributed by atoms with E-state index in [1.807, 2.05) is 0 Å². The molecule has 0 amide bonds. The summed E-state index contributed by atoms with van der Waals surface area (Å²) in [5.74, 6) is 0.691. The van der Waals surface area contributed by atoms with E-state index in [0.29, 0.717) is 18.1 Å². The van der Waals surface area contributed by atoms with Crippen LogP contribution in [0.1, 0.15) is 33.6 Å². The molecule has 2 unspecified atom stereocenters. The van der Waals surface area contributed by atoms with Gasteiger partial charge in [-0.25, -0.2) is 0 Å². The summed E-state index contributed by atoms with van der Waals surface area (Å²) in [5, 5.41) is 3.37. The summed E-state index contributed by atoms with van der Waals surface area (Å²) >= 11 is 0. The molecule has 0 aliphatic carbocycles. The summed E-state index contributed by atoms with van der Waals surface area (Å²) in [6.45, 7) is 12.7. The largest absolute Gasteiger partial charge is 0.383 e. The highest BCUT2D eigenvalue weighted by molar-refractivity contribution is 4.78. The second kappa shape index (κ2) is 9.70. The van der Waals surface area contributed by atoms with Crippen molar-refractivity contribution in [3.63, 3.8) is 0 Å². The zero-order chi connectivity index (χ0) is 14.1. The van der Waals surface area contributed by atoms with Crippen LogP contribution in [0.3, 0.4) is 0 Å². The highest BCUT2D eigenvalue weighted by Crippen LogP contribution is 2.20. The van der Waals surface area contributed by atoms with Gasteiger partial charge in [0, 0.05) is 33.3 Å². The van der Waals surface area contributed by atoms with E-state index in [1.54, 1.807) is 7.11 Å². The van der Waals surface area contributed by atoms with Crippen LogP contribution in [-0.4, -0.2) is 63.5 Å². The first-order valence-corrected chi connectivity index (χ1v) is 7.73. The average Bonchev–Trinajstić information content (AvgIpc) is 2.80.